The summed E-state index contributed by atoms with van der Waals surface area (Å²) < 4.78 is 44.7. The maximum atomic E-state index is 12.9. The Kier molecular flexibility index (Phi) is 25.0. The summed E-state index contributed by atoms with van der Waals surface area (Å²) in [7, 11) is -3.30. The van der Waals surface area contributed by atoms with Crippen LogP contribution in [0, 0.1) is 0 Å². The zero-order chi connectivity index (χ0) is 34.0. The normalized spacial score (nSPS) is 21.6. The number of esters is 2. The third-order valence-corrected chi connectivity index (χ3v) is 9.00. The number of phosphoric acid groups is 1. The zero-order valence-electron chi connectivity index (χ0n) is 28.6. The van der Waals surface area contributed by atoms with E-state index in [1.54, 1.807) is 0 Å². The summed E-state index contributed by atoms with van der Waals surface area (Å²) in [6, 6.07) is 0. The summed E-state index contributed by atoms with van der Waals surface area (Å²) in [5.74, 6) is -0.984. The SMILES string of the molecule is CCCCCCCCCCCC(=O)O[C@H]1[C@H](OC)O[C@H](COP(=O)(O)OCC(O)CO)[C@H]1OC(=O)CCCCCCCCCCC. The predicted octanol–water partition coefficient (Wildman–Crippen LogP) is 6.51. The molecule has 3 N–H and O–H groups in total. The lowest BCUT2D eigenvalue weighted by molar-refractivity contribution is -0.183. The molecule has 46 heavy (non-hydrogen) atoms. The average molecular weight is 683 g/mol. The largest absolute Gasteiger partial charge is 0.472 e. The predicted molar refractivity (Wildman–Crippen MR) is 174 cm³/mol. The van der Waals surface area contributed by atoms with Crippen LogP contribution in [0.25, 0.3) is 0 Å². The fourth-order valence-electron chi connectivity index (χ4n) is 5.30. The molecule has 6 atom stereocenters. The van der Waals surface area contributed by atoms with Crippen molar-refractivity contribution >= 4 is 19.8 Å². The van der Waals surface area contributed by atoms with Gasteiger partial charge >= 0.3 is 19.8 Å². The second kappa shape index (κ2) is 26.8. The molecular weight excluding hydrogens is 619 g/mol. The van der Waals surface area contributed by atoms with Crippen LogP contribution < -0.4 is 0 Å². The van der Waals surface area contributed by atoms with Gasteiger partial charge in [-0.15, -0.1) is 0 Å². The van der Waals surface area contributed by atoms with E-state index < -0.39 is 70.3 Å². The molecule has 0 aromatic rings. The molecular formula is C33H63O12P. The fraction of sp³-hybridized carbons (Fsp3) is 0.939. The van der Waals surface area contributed by atoms with Crippen molar-refractivity contribution in [3.05, 3.63) is 0 Å². The number of ether oxygens (including phenoxy) is 4. The highest BCUT2D eigenvalue weighted by molar-refractivity contribution is 7.47. The van der Waals surface area contributed by atoms with E-state index in [0.29, 0.717) is 12.8 Å². The van der Waals surface area contributed by atoms with Gasteiger partial charge in [-0.2, -0.15) is 0 Å². The maximum absolute atomic E-state index is 12.9. The summed E-state index contributed by atoms with van der Waals surface area (Å²) in [6.45, 7) is 2.54. The molecule has 0 amide bonds. The Bertz CT molecular complexity index is 828. The number of hydrogen-bond donors (Lipinski definition) is 3. The summed E-state index contributed by atoms with van der Waals surface area (Å²) in [4.78, 5) is 35.7. The van der Waals surface area contributed by atoms with Gasteiger partial charge in [0.15, 0.2) is 18.5 Å². The summed E-state index contributed by atoms with van der Waals surface area (Å²) in [6.07, 6.45) is 14.3. The number of aliphatic hydroxyl groups is 2. The Balaban J connectivity index is 2.69. The van der Waals surface area contributed by atoms with E-state index in [9.17, 15) is 24.2 Å². The maximum Gasteiger partial charge on any atom is 0.472 e. The molecule has 0 radical (unpaired) electrons. The van der Waals surface area contributed by atoms with E-state index in [-0.39, 0.29) is 12.8 Å². The Labute approximate surface area is 276 Å². The number of aliphatic hydroxyl groups excluding tert-OH is 2. The Morgan fingerprint density at radius 1 is 0.717 bits per heavy atom. The van der Waals surface area contributed by atoms with Gasteiger partial charge in [0.05, 0.1) is 19.8 Å². The second-order valence-electron chi connectivity index (χ2n) is 12.2. The van der Waals surface area contributed by atoms with Gasteiger partial charge in [-0.25, -0.2) is 4.57 Å². The van der Waals surface area contributed by atoms with Crippen LogP contribution in [0.1, 0.15) is 142 Å². The molecule has 1 aliphatic rings. The molecule has 12 nitrogen and oxygen atoms in total. The number of carbonyl (C=O) groups excluding carboxylic acids is 2. The summed E-state index contributed by atoms with van der Waals surface area (Å²) >= 11 is 0. The monoisotopic (exact) mass is 682 g/mol. The van der Waals surface area contributed by atoms with Gasteiger partial charge in [0.1, 0.15) is 12.2 Å². The molecule has 272 valence electrons. The van der Waals surface area contributed by atoms with E-state index in [0.717, 1.165) is 38.5 Å². The Morgan fingerprint density at radius 3 is 1.59 bits per heavy atom. The lowest BCUT2D eigenvalue weighted by Crippen LogP contribution is -2.42. The Morgan fingerprint density at radius 2 is 1.15 bits per heavy atom. The molecule has 1 saturated heterocycles. The average Bonchev–Trinajstić information content (AvgIpc) is 3.36. The standard InChI is InChI=1S/C33H63O12P/c1-4-6-8-10-12-14-16-18-20-22-29(36)44-31-28(26-42-46(38,39)41-25-27(35)24-34)43-33(40-3)32(31)45-30(37)23-21-19-17-15-13-11-9-7-5-2/h27-28,31-35H,4-26H2,1-3H3,(H,38,39)/t27?,28-,31-,32-,33-/m1/s1. The van der Waals surface area contributed by atoms with Crippen molar-refractivity contribution in [3.63, 3.8) is 0 Å². The third kappa shape index (κ3) is 20.3. The highest BCUT2D eigenvalue weighted by Gasteiger charge is 2.50. The van der Waals surface area contributed by atoms with Crippen LogP contribution in [0.3, 0.4) is 0 Å². The molecule has 1 fully saturated rings. The van der Waals surface area contributed by atoms with Crippen molar-refractivity contribution in [2.24, 2.45) is 0 Å². The minimum absolute atomic E-state index is 0.164. The van der Waals surface area contributed by atoms with Crippen LogP contribution in [0.2, 0.25) is 0 Å². The van der Waals surface area contributed by atoms with Gasteiger partial charge in [-0.3, -0.25) is 18.6 Å². The van der Waals surface area contributed by atoms with Crippen molar-refractivity contribution in [2.75, 3.05) is 26.9 Å². The lowest BCUT2D eigenvalue weighted by Gasteiger charge is -2.24. The first-order valence-corrected chi connectivity index (χ1v) is 19.1. The molecule has 0 aliphatic carbocycles. The van der Waals surface area contributed by atoms with Gasteiger partial charge in [0, 0.05) is 20.0 Å². The summed E-state index contributed by atoms with van der Waals surface area (Å²) in [5.41, 5.74) is 0. The molecule has 2 unspecified atom stereocenters. The minimum atomic E-state index is -4.66. The minimum Gasteiger partial charge on any atom is -0.455 e. The van der Waals surface area contributed by atoms with Gasteiger partial charge in [0.25, 0.3) is 0 Å². The third-order valence-electron chi connectivity index (χ3n) is 8.05. The van der Waals surface area contributed by atoms with Crippen molar-refractivity contribution in [2.45, 2.75) is 173 Å². The van der Waals surface area contributed by atoms with Crippen LogP contribution in [0.15, 0.2) is 0 Å². The number of unbranched alkanes of at least 4 members (excludes halogenated alkanes) is 16. The van der Waals surface area contributed by atoms with Crippen molar-refractivity contribution < 1.29 is 57.3 Å². The molecule has 0 aromatic carbocycles. The van der Waals surface area contributed by atoms with Gasteiger partial charge in [-0.05, 0) is 12.8 Å². The molecule has 0 saturated carbocycles. The van der Waals surface area contributed by atoms with Crippen LogP contribution in [-0.4, -0.2) is 84.7 Å². The zero-order valence-corrected chi connectivity index (χ0v) is 29.5. The van der Waals surface area contributed by atoms with E-state index in [1.807, 2.05) is 0 Å². The van der Waals surface area contributed by atoms with Crippen LogP contribution in [-0.2, 0) is 42.1 Å². The molecule has 0 spiro atoms. The molecule has 0 bridgehead atoms. The van der Waals surface area contributed by atoms with Crippen LogP contribution >= 0.6 is 7.82 Å². The van der Waals surface area contributed by atoms with Crippen LogP contribution in [0.5, 0.6) is 0 Å². The smallest absolute Gasteiger partial charge is 0.455 e. The first-order chi connectivity index (χ1) is 22.2. The van der Waals surface area contributed by atoms with E-state index in [2.05, 4.69) is 13.8 Å². The van der Waals surface area contributed by atoms with E-state index in [4.69, 9.17) is 33.1 Å². The second-order valence-corrected chi connectivity index (χ2v) is 13.7. The first-order valence-electron chi connectivity index (χ1n) is 17.6. The van der Waals surface area contributed by atoms with Crippen molar-refractivity contribution in [3.8, 4) is 0 Å². The number of rotatable bonds is 30. The first kappa shape index (κ1) is 42.9. The summed E-state index contributed by atoms with van der Waals surface area (Å²) in [5, 5.41) is 18.3. The van der Waals surface area contributed by atoms with Crippen LogP contribution in [0.4, 0.5) is 0 Å². The molecule has 1 heterocycles. The highest BCUT2D eigenvalue weighted by atomic mass is 31.2. The number of phosphoric ester groups is 1. The van der Waals surface area contributed by atoms with Crippen molar-refractivity contribution in [1.82, 2.24) is 0 Å². The van der Waals surface area contributed by atoms with Gasteiger partial charge < -0.3 is 34.1 Å². The molecule has 1 aliphatic heterocycles. The van der Waals surface area contributed by atoms with Gasteiger partial charge in [0.2, 0.25) is 0 Å². The van der Waals surface area contributed by atoms with E-state index in [1.165, 1.54) is 71.3 Å². The molecule has 1 rings (SSSR count). The topological polar surface area (TPSA) is 167 Å². The number of hydrogen-bond acceptors (Lipinski definition) is 11. The highest BCUT2D eigenvalue weighted by Crippen LogP contribution is 2.44. The molecule has 13 heteroatoms. The number of carbonyl (C=O) groups is 2. The quantitative estimate of drug-likeness (QED) is 0.0428. The van der Waals surface area contributed by atoms with E-state index >= 15 is 0 Å². The Hall–Kier alpha value is -1.11. The molecule has 0 aromatic heterocycles. The fourth-order valence-corrected chi connectivity index (χ4v) is 6.07. The lowest BCUT2D eigenvalue weighted by atomic mass is 10.1. The van der Waals surface area contributed by atoms with Gasteiger partial charge in [-0.1, -0.05) is 117 Å². The van der Waals surface area contributed by atoms with Crippen molar-refractivity contribution in [1.29, 1.82) is 0 Å². The number of methoxy groups -OCH3 is 1.